The summed E-state index contributed by atoms with van der Waals surface area (Å²) in [5.41, 5.74) is 2.57. The van der Waals surface area contributed by atoms with E-state index in [-0.39, 0.29) is 5.91 Å². The van der Waals surface area contributed by atoms with E-state index in [0.29, 0.717) is 24.8 Å². The molecule has 1 aromatic heterocycles. The number of pyridine rings is 1. The van der Waals surface area contributed by atoms with Gasteiger partial charge in [-0.1, -0.05) is 0 Å². The van der Waals surface area contributed by atoms with Crippen LogP contribution in [0.2, 0.25) is 0 Å². The van der Waals surface area contributed by atoms with Crippen molar-refractivity contribution in [2.45, 2.75) is 6.92 Å². The zero-order valence-corrected chi connectivity index (χ0v) is 11.7. The van der Waals surface area contributed by atoms with Gasteiger partial charge in [-0.15, -0.1) is 0 Å². The Kier molecular flexibility index (Phi) is 5.09. The van der Waals surface area contributed by atoms with Crippen molar-refractivity contribution in [3.63, 3.8) is 0 Å². The number of ether oxygens (including phenoxy) is 2. The van der Waals surface area contributed by atoms with Gasteiger partial charge < -0.3 is 20.1 Å². The van der Waals surface area contributed by atoms with Crippen molar-refractivity contribution in [1.29, 1.82) is 0 Å². The summed E-state index contributed by atoms with van der Waals surface area (Å²) in [5, 5.41) is 5.93. The summed E-state index contributed by atoms with van der Waals surface area (Å²) < 4.78 is 10.2. The average molecular weight is 277 g/mol. The van der Waals surface area contributed by atoms with E-state index in [2.05, 4.69) is 15.6 Å². The summed E-state index contributed by atoms with van der Waals surface area (Å²) in [6.45, 7) is 4.39. The first-order valence-electron chi connectivity index (χ1n) is 6.49. The van der Waals surface area contributed by atoms with E-state index in [1.54, 1.807) is 25.4 Å². The first kappa shape index (κ1) is 14.5. The summed E-state index contributed by atoms with van der Waals surface area (Å²) in [7, 11) is 1.61. The molecule has 20 heavy (non-hydrogen) atoms. The highest BCUT2D eigenvalue weighted by atomic mass is 16.5. The maximum absolute atomic E-state index is 12.0. The molecule has 1 saturated heterocycles. The van der Waals surface area contributed by atoms with E-state index in [1.807, 2.05) is 6.92 Å². The van der Waals surface area contributed by atoms with Gasteiger partial charge in [-0.2, -0.15) is 0 Å². The Bertz CT molecular complexity index is 491. The summed E-state index contributed by atoms with van der Waals surface area (Å²) >= 11 is 0. The summed E-state index contributed by atoms with van der Waals surface area (Å²) in [4.78, 5) is 16.1. The van der Waals surface area contributed by atoms with Crippen LogP contribution in [-0.2, 0) is 9.53 Å². The highest BCUT2D eigenvalue weighted by Gasteiger charge is 2.16. The molecular weight excluding hydrogens is 258 g/mol. The molecule has 1 aromatic rings. The number of amides is 1. The van der Waals surface area contributed by atoms with Gasteiger partial charge >= 0.3 is 0 Å². The van der Waals surface area contributed by atoms with Crippen LogP contribution in [-0.4, -0.2) is 44.3 Å². The van der Waals surface area contributed by atoms with Gasteiger partial charge in [0.25, 0.3) is 5.91 Å². The lowest BCUT2D eigenvalue weighted by molar-refractivity contribution is -0.112. The predicted molar refractivity (Wildman–Crippen MR) is 75.8 cm³/mol. The molecule has 2 rings (SSSR count). The van der Waals surface area contributed by atoms with Gasteiger partial charge in [0.1, 0.15) is 6.61 Å². The zero-order valence-electron chi connectivity index (χ0n) is 11.7. The molecule has 0 radical (unpaired) electrons. The van der Waals surface area contributed by atoms with Gasteiger partial charge in [0.2, 0.25) is 5.88 Å². The average Bonchev–Trinajstić information content (AvgIpc) is 2.39. The second kappa shape index (κ2) is 7.02. The van der Waals surface area contributed by atoms with Gasteiger partial charge in [-0.05, 0) is 18.6 Å². The molecule has 1 fully saturated rings. The Morgan fingerprint density at radius 3 is 2.75 bits per heavy atom. The second-order valence-corrected chi connectivity index (χ2v) is 4.51. The van der Waals surface area contributed by atoms with Crippen LogP contribution < -0.4 is 15.4 Å². The molecule has 0 unspecified atom stereocenters. The van der Waals surface area contributed by atoms with Gasteiger partial charge in [0.15, 0.2) is 0 Å². The number of hydrogen-bond acceptors (Lipinski definition) is 5. The molecule has 0 aromatic carbocycles. The monoisotopic (exact) mass is 277 g/mol. The van der Waals surface area contributed by atoms with E-state index < -0.39 is 0 Å². The number of anilines is 1. The van der Waals surface area contributed by atoms with Gasteiger partial charge in [-0.25, -0.2) is 4.98 Å². The number of carbonyl (C=O) groups is 1. The Morgan fingerprint density at radius 2 is 2.20 bits per heavy atom. The topological polar surface area (TPSA) is 72.5 Å². The summed E-state index contributed by atoms with van der Waals surface area (Å²) in [6, 6.07) is 3.49. The molecule has 6 nitrogen and oxygen atoms in total. The molecule has 6 heteroatoms. The van der Waals surface area contributed by atoms with Crippen LogP contribution in [0.3, 0.4) is 0 Å². The highest BCUT2D eigenvalue weighted by molar-refractivity contribution is 6.04. The van der Waals surface area contributed by atoms with Crippen LogP contribution in [0.25, 0.3) is 0 Å². The fraction of sp³-hybridized carbons (Fsp3) is 0.429. The molecule has 0 aliphatic carbocycles. The third-order valence-corrected chi connectivity index (χ3v) is 3.08. The number of nitrogens with zero attached hydrogens (tertiary/aromatic N) is 1. The van der Waals surface area contributed by atoms with Gasteiger partial charge in [-0.3, -0.25) is 4.79 Å². The third-order valence-electron chi connectivity index (χ3n) is 3.08. The maximum atomic E-state index is 12.0. The lowest BCUT2D eigenvalue weighted by atomic mass is 10.0. The Balaban J connectivity index is 1.88. The summed E-state index contributed by atoms with van der Waals surface area (Å²) in [5.74, 6) is 0.426. The van der Waals surface area contributed by atoms with Crippen molar-refractivity contribution in [2.75, 3.05) is 38.7 Å². The van der Waals surface area contributed by atoms with Gasteiger partial charge in [0.05, 0.1) is 18.5 Å². The number of carbonyl (C=O) groups excluding carboxylic acids is 1. The van der Waals surface area contributed by atoms with Crippen LogP contribution in [0.1, 0.15) is 6.92 Å². The first-order valence-corrected chi connectivity index (χ1v) is 6.49. The van der Waals surface area contributed by atoms with Crippen LogP contribution in [0.15, 0.2) is 29.5 Å². The predicted octanol–water partition coefficient (Wildman–Crippen LogP) is 0.965. The minimum absolute atomic E-state index is 0.0867. The molecule has 2 heterocycles. The van der Waals surface area contributed by atoms with Crippen molar-refractivity contribution in [2.24, 2.45) is 0 Å². The molecule has 1 aliphatic heterocycles. The quantitative estimate of drug-likeness (QED) is 0.598. The first-order chi connectivity index (χ1) is 9.70. The Labute approximate surface area is 118 Å². The smallest absolute Gasteiger partial charge is 0.251 e. The van der Waals surface area contributed by atoms with Crippen LogP contribution in [0, 0.1) is 0 Å². The normalized spacial score (nSPS) is 13.6. The molecule has 108 valence electrons. The number of rotatable bonds is 6. The van der Waals surface area contributed by atoms with E-state index in [9.17, 15) is 4.79 Å². The highest BCUT2D eigenvalue weighted by Crippen LogP contribution is 2.14. The number of methoxy groups -OCH3 is 1. The summed E-state index contributed by atoms with van der Waals surface area (Å²) in [6.07, 6.45) is 1.58. The zero-order chi connectivity index (χ0) is 14.4. The van der Waals surface area contributed by atoms with E-state index in [1.165, 1.54) is 0 Å². The SMILES string of the molecule is COCCOc1ccc(NC(=O)C(C)=C2CNC2)cn1. The van der Waals surface area contributed by atoms with Crippen molar-refractivity contribution < 1.29 is 14.3 Å². The standard InChI is InChI=1S/C14H19N3O3/c1-10(11-7-15-8-11)14(18)17-12-3-4-13(16-9-12)20-6-5-19-2/h3-4,9,15H,5-8H2,1-2H3,(H,17,18). The minimum Gasteiger partial charge on any atom is -0.475 e. The van der Waals surface area contributed by atoms with E-state index in [0.717, 1.165) is 24.2 Å². The molecule has 1 amide bonds. The van der Waals surface area contributed by atoms with Crippen molar-refractivity contribution in [3.05, 3.63) is 29.5 Å². The van der Waals surface area contributed by atoms with Crippen molar-refractivity contribution >= 4 is 11.6 Å². The lowest BCUT2D eigenvalue weighted by Gasteiger charge is -2.21. The fourth-order valence-corrected chi connectivity index (χ4v) is 1.67. The van der Waals surface area contributed by atoms with Crippen LogP contribution in [0.5, 0.6) is 5.88 Å². The van der Waals surface area contributed by atoms with E-state index >= 15 is 0 Å². The molecule has 0 atom stereocenters. The number of aromatic nitrogens is 1. The van der Waals surface area contributed by atoms with Crippen molar-refractivity contribution in [1.82, 2.24) is 10.3 Å². The molecule has 0 spiro atoms. The molecular formula is C14H19N3O3. The molecule has 0 saturated carbocycles. The lowest BCUT2D eigenvalue weighted by Crippen LogP contribution is -2.36. The van der Waals surface area contributed by atoms with Crippen LogP contribution >= 0.6 is 0 Å². The Morgan fingerprint density at radius 1 is 1.40 bits per heavy atom. The minimum atomic E-state index is -0.0867. The molecule has 0 bridgehead atoms. The third kappa shape index (κ3) is 3.79. The van der Waals surface area contributed by atoms with E-state index in [4.69, 9.17) is 9.47 Å². The van der Waals surface area contributed by atoms with Gasteiger partial charge in [0, 0.05) is 31.8 Å². The fourth-order valence-electron chi connectivity index (χ4n) is 1.67. The van der Waals surface area contributed by atoms with Crippen molar-refractivity contribution in [3.8, 4) is 5.88 Å². The molecule has 2 N–H and O–H groups in total. The van der Waals surface area contributed by atoms with Crippen LogP contribution in [0.4, 0.5) is 5.69 Å². The number of nitrogens with one attached hydrogen (secondary N) is 2. The number of hydrogen-bond donors (Lipinski definition) is 2. The largest absolute Gasteiger partial charge is 0.475 e. The Hall–Kier alpha value is -1.92. The second-order valence-electron chi connectivity index (χ2n) is 4.51. The molecule has 1 aliphatic rings. The maximum Gasteiger partial charge on any atom is 0.251 e.